The highest BCUT2D eigenvalue weighted by atomic mass is 16.3. The second-order valence-electron chi connectivity index (χ2n) is 6.25. The summed E-state index contributed by atoms with van der Waals surface area (Å²) in [6, 6.07) is 14.8. The van der Waals surface area contributed by atoms with Gasteiger partial charge in [0.15, 0.2) is 0 Å². The maximum atomic E-state index is 10.0. The maximum absolute atomic E-state index is 10.0. The minimum absolute atomic E-state index is 0.529. The Balaban J connectivity index is 2.06. The lowest BCUT2D eigenvalue weighted by molar-refractivity contribution is 0.0627. The van der Waals surface area contributed by atoms with E-state index in [9.17, 15) is 5.11 Å². The largest absolute Gasteiger partial charge is 0.389 e. The first-order valence-electron chi connectivity index (χ1n) is 7.17. The zero-order valence-electron chi connectivity index (χ0n) is 12.7. The Morgan fingerprint density at radius 1 is 1.05 bits per heavy atom. The molecule has 0 radical (unpaired) electrons. The number of benzene rings is 2. The molecular formula is C18H20N2O. The van der Waals surface area contributed by atoms with Gasteiger partial charge in [-0.3, -0.25) is 0 Å². The topological polar surface area (TPSA) is 38.0 Å². The first-order chi connectivity index (χ1) is 9.92. The van der Waals surface area contributed by atoms with E-state index in [1.165, 1.54) is 16.7 Å². The third-order valence-electron chi connectivity index (χ3n) is 3.56. The molecule has 0 aliphatic heterocycles. The fourth-order valence-corrected chi connectivity index (χ4v) is 2.53. The molecule has 108 valence electrons. The fourth-order valence-electron chi connectivity index (χ4n) is 2.53. The highest BCUT2D eigenvalue weighted by molar-refractivity contribution is 5.82. The summed E-state index contributed by atoms with van der Waals surface area (Å²) in [7, 11) is 0. The van der Waals surface area contributed by atoms with Crippen molar-refractivity contribution in [3.05, 3.63) is 54.4 Å². The van der Waals surface area contributed by atoms with Crippen LogP contribution in [0.25, 0.3) is 22.2 Å². The molecule has 1 N–H and O–H groups in total. The molecule has 0 unspecified atom stereocenters. The zero-order chi connectivity index (χ0) is 15.0. The molecule has 0 bridgehead atoms. The molecule has 0 fully saturated rings. The number of nitrogens with zero attached hydrogens (tertiary/aromatic N) is 2. The molecule has 0 atom stereocenters. The van der Waals surface area contributed by atoms with Crippen molar-refractivity contribution in [1.82, 2.24) is 9.55 Å². The van der Waals surface area contributed by atoms with E-state index in [4.69, 9.17) is 0 Å². The van der Waals surface area contributed by atoms with E-state index in [-0.39, 0.29) is 0 Å². The lowest BCUT2D eigenvalue weighted by atomic mass is 10.0. The summed E-state index contributed by atoms with van der Waals surface area (Å²) in [5, 5.41) is 10.0. The Hall–Kier alpha value is -2.13. The first kappa shape index (κ1) is 13.8. The number of hydrogen-bond donors (Lipinski definition) is 1. The molecule has 3 heteroatoms. The van der Waals surface area contributed by atoms with Crippen LogP contribution < -0.4 is 0 Å². The second-order valence-corrected chi connectivity index (χ2v) is 6.25. The van der Waals surface area contributed by atoms with Gasteiger partial charge in [0.2, 0.25) is 0 Å². The average Bonchev–Trinajstić information content (AvgIpc) is 2.80. The van der Waals surface area contributed by atoms with E-state index in [0.29, 0.717) is 6.54 Å². The molecule has 3 aromatic rings. The number of aromatic nitrogens is 2. The number of imidazole rings is 1. The molecule has 0 saturated heterocycles. The van der Waals surface area contributed by atoms with Crippen molar-refractivity contribution in [1.29, 1.82) is 0 Å². The van der Waals surface area contributed by atoms with Gasteiger partial charge in [-0.1, -0.05) is 35.9 Å². The monoisotopic (exact) mass is 280 g/mol. The van der Waals surface area contributed by atoms with Crippen molar-refractivity contribution in [2.75, 3.05) is 0 Å². The van der Waals surface area contributed by atoms with Crippen LogP contribution in [0.2, 0.25) is 0 Å². The predicted octanol–water partition coefficient (Wildman–Crippen LogP) is 3.78. The van der Waals surface area contributed by atoms with Gasteiger partial charge in [-0.15, -0.1) is 0 Å². The molecular weight excluding hydrogens is 260 g/mol. The average molecular weight is 280 g/mol. The van der Waals surface area contributed by atoms with Crippen molar-refractivity contribution in [3.63, 3.8) is 0 Å². The molecule has 0 amide bonds. The van der Waals surface area contributed by atoms with Crippen LogP contribution >= 0.6 is 0 Å². The molecule has 3 nitrogen and oxygen atoms in total. The van der Waals surface area contributed by atoms with Crippen LogP contribution in [0.5, 0.6) is 0 Å². The molecule has 1 heterocycles. The van der Waals surface area contributed by atoms with Crippen LogP contribution in [0, 0.1) is 6.92 Å². The highest BCUT2D eigenvalue weighted by Gasteiger charge is 2.15. The first-order valence-corrected chi connectivity index (χ1v) is 7.17. The van der Waals surface area contributed by atoms with Gasteiger partial charge < -0.3 is 9.67 Å². The van der Waals surface area contributed by atoms with E-state index >= 15 is 0 Å². The van der Waals surface area contributed by atoms with E-state index in [0.717, 1.165) is 11.0 Å². The Bertz CT molecular complexity index is 764. The Morgan fingerprint density at radius 3 is 2.38 bits per heavy atom. The van der Waals surface area contributed by atoms with Crippen molar-refractivity contribution in [2.24, 2.45) is 0 Å². The van der Waals surface area contributed by atoms with Crippen LogP contribution in [0.15, 0.2) is 48.8 Å². The number of fused-ring (bicyclic) bond motifs is 1. The number of rotatable bonds is 3. The summed E-state index contributed by atoms with van der Waals surface area (Å²) < 4.78 is 2.01. The van der Waals surface area contributed by atoms with E-state index in [1.54, 1.807) is 6.33 Å². The van der Waals surface area contributed by atoms with Crippen LogP contribution in [-0.4, -0.2) is 20.3 Å². The minimum Gasteiger partial charge on any atom is -0.389 e. The molecule has 2 aromatic carbocycles. The van der Waals surface area contributed by atoms with Gasteiger partial charge in [0, 0.05) is 0 Å². The SMILES string of the molecule is Cc1ccc(-c2ccc3ncn(CC(C)(C)O)c3c2)cc1. The van der Waals surface area contributed by atoms with E-state index in [2.05, 4.69) is 48.3 Å². The van der Waals surface area contributed by atoms with Crippen LogP contribution in [0.1, 0.15) is 19.4 Å². The molecule has 3 rings (SSSR count). The van der Waals surface area contributed by atoms with Gasteiger partial charge in [-0.05, 0) is 44.0 Å². The minimum atomic E-state index is -0.756. The van der Waals surface area contributed by atoms with Gasteiger partial charge in [-0.2, -0.15) is 0 Å². The van der Waals surface area contributed by atoms with Crippen molar-refractivity contribution >= 4 is 11.0 Å². The normalized spacial score (nSPS) is 12.0. The van der Waals surface area contributed by atoms with Crippen molar-refractivity contribution < 1.29 is 5.11 Å². The second kappa shape index (κ2) is 5.01. The highest BCUT2D eigenvalue weighted by Crippen LogP contribution is 2.25. The van der Waals surface area contributed by atoms with Crippen LogP contribution in [0.3, 0.4) is 0 Å². The third-order valence-corrected chi connectivity index (χ3v) is 3.56. The lowest BCUT2D eigenvalue weighted by Gasteiger charge is -2.18. The maximum Gasteiger partial charge on any atom is 0.0959 e. The van der Waals surface area contributed by atoms with Gasteiger partial charge >= 0.3 is 0 Å². The molecule has 0 aliphatic carbocycles. The summed E-state index contributed by atoms with van der Waals surface area (Å²) in [6.45, 7) is 6.23. The van der Waals surface area contributed by atoms with Crippen molar-refractivity contribution in [3.8, 4) is 11.1 Å². The smallest absolute Gasteiger partial charge is 0.0959 e. The number of hydrogen-bond acceptors (Lipinski definition) is 2. The molecule has 21 heavy (non-hydrogen) atoms. The summed E-state index contributed by atoms with van der Waals surface area (Å²) in [5.41, 5.74) is 4.86. The molecule has 0 aliphatic rings. The summed E-state index contributed by atoms with van der Waals surface area (Å²) in [5.74, 6) is 0. The number of aryl methyl sites for hydroxylation is 1. The third kappa shape index (κ3) is 2.98. The molecule has 1 aromatic heterocycles. The Kier molecular flexibility index (Phi) is 3.30. The fraction of sp³-hybridized carbons (Fsp3) is 0.278. The van der Waals surface area contributed by atoms with Crippen LogP contribution in [-0.2, 0) is 6.54 Å². The Morgan fingerprint density at radius 2 is 1.71 bits per heavy atom. The zero-order valence-corrected chi connectivity index (χ0v) is 12.7. The molecule has 0 saturated carbocycles. The summed E-state index contributed by atoms with van der Waals surface area (Å²) in [4.78, 5) is 4.40. The van der Waals surface area contributed by atoms with E-state index in [1.807, 2.05) is 24.5 Å². The van der Waals surface area contributed by atoms with Gasteiger partial charge in [0.05, 0.1) is 29.5 Å². The van der Waals surface area contributed by atoms with Gasteiger partial charge in [0.25, 0.3) is 0 Å². The van der Waals surface area contributed by atoms with Crippen molar-refractivity contribution in [2.45, 2.75) is 32.9 Å². The Labute approximate surface area is 124 Å². The predicted molar refractivity (Wildman–Crippen MR) is 86.2 cm³/mol. The lowest BCUT2D eigenvalue weighted by Crippen LogP contribution is -2.25. The molecule has 0 spiro atoms. The van der Waals surface area contributed by atoms with Gasteiger partial charge in [-0.25, -0.2) is 4.98 Å². The number of aliphatic hydroxyl groups is 1. The summed E-state index contributed by atoms with van der Waals surface area (Å²) >= 11 is 0. The standard InChI is InChI=1S/C18H20N2O/c1-13-4-6-14(7-5-13)15-8-9-16-17(10-15)20(12-19-16)11-18(2,3)21/h4-10,12,21H,11H2,1-3H3. The summed E-state index contributed by atoms with van der Waals surface area (Å²) in [6.07, 6.45) is 1.79. The van der Waals surface area contributed by atoms with Gasteiger partial charge in [0.1, 0.15) is 0 Å². The van der Waals surface area contributed by atoms with E-state index < -0.39 is 5.60 Å². The van der Waals surface area contributed by atoms with Crippen LogP contribution in [0.4, 0.5) is 0 Å². The quantitative estimate of drug-likeness (QED) is 0.792.